The van der Waals surface area contributed by atoms with Gasteiger partial charge in [0.15, 0.2) is 5.25 Å². The van der Waals surface area contributed by atoms with Crippen LogP contribution < -0.4 is 4.72 Å². The minimum atomic E-state index is -3.84. The first-order valence-corrected chi connectivity index (χ1v) is 7.74. The van der Waals surface area contributed by atoms with E-state index in [2.05, 4.69) is 9.46 Å². The predicted octanol–water partition coefficient (Wildman–Crippen LogP) is 0.915. The van der Waals surface area contributed by atoms with Gasteiger partial charge in [0, 0.05) is 12.3 Å². The molecular formula is C13H19NO5S. The summed E-state index contributed by atoms with van der Waals surface area (Å²) in [4.78, 5) is 11.3. The van der Waals surface area contributed by atoms with E-state index in [9.17, 15) is 13.2 Å². The number of carbonyl (C=O) groups is 1. The Labute approximate surface area is 118 Å². The number of rotatable bonds is 7. The lowest BCUT2D eigenvalue weighted by atomic mass is 10.1. The second-order valence-electron chi connectivity index (χ2n) is 4.34. The Morgan fingerprint density at radius 2 is 2.15 bits per heavy atom. The number of ether oxygens (including phenoxy) is 1. The quantitative estimate of drug-likeness (QED) is 0.730. The zero-order chi connectivity index (χ0) is 15.2. The molecular weight excluding hydrogens is 282 g/mol. The van der Waals surface area contributed by atoms with E-state index in [1.807, 2.05) is 6.07 Å². The third kappa shape index (κ3) is 4.50. The number of esters is 1. The van der Waals surface area contributed by atoms with E-state index in [4.69, 9.17) is 5.11 Å². The van der Waals surface area contributed by atoms with Crippen molar-refractivity contribution in [3.63, 3.8) is 0 Å². The standard InChI is InChI=1S/C13H19NO5S/c1-10(13(16)19-2)20(17,18)14-12-7-3-5-11(9-12)6-4-8-15/h3,5,7,9-10,14-15H,4,6,8H2,1-2H3. The van der Waals surface area contributed by atoms with Crippen molar-refractivity contribution in [1.82, 2.24) is 0 Å². The third-order valence-corrected chi connectivity index (χ3v) is 4.45. The van der Waals surface area contributed by atoms with E-state index in [-0.39, 0.29) is 6.61 Å². The SMILES string of the molecule is COC(=O)C(C)S(=O)(=O)Nc1cccc(CCCO)c1. The van der Waals surface area contributed by atoms with Crippen LogP contribution in [0.25, 0.3) is 0 Å². The molecule has 1 atom stereocenters. The summed E-state index contributed by atoms with van der Waals surface area (Å²) in [6.07, 6.45) is 1.26. The molecule has 0 amide bonds. The molecule has 0 radical (unpaired) electrons. The lowest BCUT2D eigenvalue weighted by Gasteiger charge is -2.13. The molecule has 0 aliphatic carbocycles. The first kappa shape index (κ1) is 16.5. The number of hydrogen-bond donors (Lipinski definition) is 2. The summed E-state index contributed by atoms with van der Waals surface area (Å²) in [5.74, 6) is -0.811. The maximum Gasteiger partial charge on any atom is 0.325 e. The van der Waals surface area contributed by atoms with Gasteiger partial charge in [-0.15, -0.1) is 0 Å². The first-order valence-electron chi connectivity index (χ1n) is 6.20. The van der Waals surface area contributed by atoms with Gasteiger partial charge in [-0.25, -0.2) is 8.42 Å². The highest BCUT2D eigenvalue weighted by molar-refractivity contribution is 7.94. The van der Waals surface area contributed by atoms with Gasteiger partial charge in [0.05, 0.1) is 7.11 Å². The minimum Gasteiger partial charge on any atom is -0.468 e. The highest BCUT2D eigenvalue weighted by Gasteiger charge is 2.28. The number of nitrogens with one attached hydrogen (secondary N) is 1. The van der Waals surface area contributed by atoms with E-state index in [1.165, 1.54) is 6.92 Å². The molecule has 1 aromatic carbocycles. The average molecular weight is 301 g/mol. The molecule has 0 bridgehead atoms. The number of carbonyl (C=O) groups excluding carboxylic acids is 1. The van der Waals surface area contributed by atoms with Crippen LogP contribution >= 0.6 is 0 Å². The number of benzene rings is 1. The van der Waals surface area contributed by atoms with Gasteiger partial charge in [-0.1, -0.05) is 12.1 Å². The van der Waals surface area contributed by atoms with Gasteiger partial charge in [-0.3, -0.25) is 9.52 Å². The van der Waals surface area contributed by atoms with Crippen molar-refractivity contribution in [3.05, 3.63) is 29.8 Å². The summed E-state index contributed by atoms with van der Waals surface area (Å²) < 4.78 is 30.7. The van der Waals surface area contributed by atoms with Crippen LogP contribution in [0.4, 0.5) is 5.69 Å². The molecule has 0 saturated heterocycles. The molecule has 0 aliphatic heterocycles. The van der Waals surface area contributed by atoms with Crippen LogP contribution in [0, 0.1) is 0 Å². The average Bonchev–Trinajstić information content (AvgIpc) is 2.43. The minimum absolute atomic E-state index is 0.0787. The lowest BCUT2D eigenvalue weighted by molar-refractivity contribution is -0.139. The monoisotopic (exact) mass is 301 g/mol. The van der Waals surface area contributed by atoms with Crippen molar-refractivity contribution in [2.45, 2.75) is 25.0 Å². The highest BCUT2D eigenvalue weighted by Crippen LogP contribution is 2.16. The third-order valence-electron chi connectivity index (χ3n) is 2.81. The zero-order valence-electron chi connectivity index (χ0n) is 11.5. The summed E-state index contributed by atoms with van der Waals surface area (Å²) in [5, 5.41) is 7.50. The molecule has 7 heteroatoms. The number of aliphatic hydroxyl groups is 1. The molecule has 6 nitrogen and oxygen atoms in total. The van der Waals surface area contributed by atoms with Crippen LogP contribution in [0.2, 0.25) is 0 Å². The Kier molecular flexibility index (Phi) is 5.97. The molecule has 2 N–H and O–H groups in total. The van der Waals surface area contributed by atoms with Crippen LogP contribution in [-0.4, -0.2) is 38.5 Å². The topological polar surface area (TPSA) is 92.7 Å². The van der Waals surface area contributed by atoms with Crippen LogP contribution in [0.3, 0.4) is 0 Å². The molecule has 0 saturated carbocycles. The van der Waals surface area contributed by atoms with Crippen LogP contribution in [0.5, 0.6) is 0 Å². The number of methoxy groups -OCH3 is 1. The van der Waals surface area contributed by atoms with Crippen LogP contribution in [0.1, 0.15) is 18.9 Å². The molecule has 20 heavy (non-hydrogen) atoms. The molecule has 0 aromatic heterocycles. The molecule has 0 spiro atoms. The summed E-state index contributed by atoms with van der Waals surface area (Å²) in [6.45, 7) is 1.35. The lowest BCUT2D eigenvalue weighted by Crippen LogP contribution is -2.33. The van der Waals surface area contributed by atoms with E-state index in [1.54, 1.807) is 18.2 Å². The summed E-state index contributed by atoms with van der Waals surface area (Å²) in [5.41, 5.74) is 1.29. The second kappa shape index (κ2) is 7.25. The normalized spacial score (nSPS) is 12.8. The van der Waals surface area contributed by atoms with Gasteiger partial charge in [0.25, 0.3) is 0 Å². The highest BCUT2D eigenvalue weighted by atomic mass is 32.2. The summed E-state index contributed by atoms with van der Waals surface area (Å²) in [7, 11) is -2.69. The Balaban J connectivity index is 2.84. The zero-order valence-corrected chi connectivity index (χ0v) is 12.3. The fourth-order valence-corrected chi connectivity index (χ4v) is 2.60. The van der Waals surface area contributed by atoms with Crippen LogP contribution in [-0.2, 0) is 26.0 Å². The van der Waals surface area contributed by atoms with Gasteiger partial charge in [-0.05, 0) is 37.5 Å². The fraction of sp³-hybridized carbons (Fsp3) is 0.462. The maximum absolute atomic E-state index is 12.0. The molecule has 1 aromatic rings. The maximum atomic E-state index is 12.0. The number of aliphatic hydroxyl groups excluding tert-OH is 1. The van der Waals surface area contributed by atoms with Crippen molar-refractivity contribution in [2.75, 3.05) is 18.4 Å². The van der Waals surface area contributed by atoms with Crippen molar-refractivity contribution in [1.29, 1.82) is 0 Å². The van der Waals surface area contributed by atoms with Gasteiger partial charge >= 0.3 is 5.97 Å². The number of anilines is 1. The second-order valence-corrected chi connectivity index (χ2v) is 6.34. The summed E-state index contributed by atoms with van der Waals surface area (Å²) >= 11 is 0. The van der Waals surface area contributed by atoms with E-state index in [0.29, 0.717) is 18.5 Å². The Bertz CT molecular complexity index is 556. The number of sulfonamides is 1. The largest absolute Gasteiger partial charge is 0.468 e. The van der Waals surface area contributed by atoms with E-state index in [0.717, 1.165) is 12.7 Å². The summed E-state index contributed by atoms with van der Waals surface area (Å²) in [6, 6.07) is 6.84. The molecule has 1 rings (SSSR count). The van der Waals surface area contributed by atoms with Crippen molar-refractivity contribution < 1.29 is 23.1 Å². The molecule has 1 unspecified atom stereocenters. The van der Waals surface area contributed by atoms with Gasteiger partial charge in [0.2, 0.25) is 10.0 Å². The number of aryl methyl sites for hydroxylation is 1. The van der Waals surface area contributed by atoms with Crippen molar-refractivity contribution in [3.8, 4) is 0 Å². The first-order chi connectivity index (χ1) is 9.40. The molecule has 0 heterocycles. The van der Waals surface area contributed by atoms with Gasteiger partial charge in [-0.2, -0.15) is 0 Å². The smallest absolute Gasteiger partial charge is 0.325 e. The molecule has 0 fully saturated rings. The molecule has 112 valence electrons. The van der Waals surface area contributed by atoms with Gasteiger partial charge < -0.3 is 9.84 Å². The van der Waals surface area contributed by atoms with Crippen molar-refractivity contribution in [2.24, 2.45) is 0 Å². The van der Waals surface area contributed by atoms with E-state index < -0.39 is 21.2 Å². The predicted molar refractivity (Wildman–Crippen MR) is 75.9 cm³/mol. The van der Waals surface area contributed by atoms with Crippen LogP contribution in [0.15, 0.2) is 24.3 Å². The Morgan fingerprint density at radius 1 is 1.45 bits per heavy atom. The van der Waals surface area contributed by atoms with Crippen molar-refractivity contribution >= 4 is 21.7 Å². The molecule has 0 aliphatic rings. The Morgan fingerprint density at radius 3 is 2.75 bits per heavy atom. The fourth-order valence-electron chi connectivity index (χ4n) is 1.62. The van der Waals surface area contributed by atoms with Gasteiger partial charge in [0.1, 0.15) is 0 Å². The Hall–Kier alpha value is -1.60. The number of hydrogen-bond acceptors (Lipinski definition) is 5. The van der Waals surface area contributed by atoms with E-state index >= 15 is 0 Å².